The summed E-state index contributed by atoms with van der Waals surface area (Å²) in [5.41, 5.74) is 0. The van der Waals surface area contributed by atoms with Crippen molar-refractivity contribution in [2.75, 3.05) is 18.8 Å². The SMILES string of the molecule is O=S(=O)(CCN1CCCC2CCCCC21)c1ccccc1. The second-order valence-corrected chi connectivity index (χ2v) is 8.53. The third-order valence-electron chi connectivity index (χ3n) is 5.11. The number of nitrogens with zero attached hydrogens (tertiary/aromatic N) is 1. The highest BCUT2D eigenvalue weighted by Gasteiger charge is 2.33. The van der Waals surface area contributed by atoms with E-state index in [0.29, 0.717) is 17.5 Å². The molecule has 116 valence electrons. The van der Waals surface area contributed by atoms with E-state index in [2.05, 4.69) is 4.90 Å². The Hall–Kier alpha value is -0.870. The Morgan fingerprint density at radius 3 is 2.52 bits per heavy atom. The van der Waals surface area contributed by atoms with Crippen LogP contribution in [0.15, 0.2) is 35.2 Å². The van der Waals surface area contributed by atoms with Gasteiger partial charge < -0.3 is 0 Å². The molecule has 2 unspecified atom stereocenters. The molecule has 0 amide bonds. The number of likely N-dealkylation sites (tertiary alicyclic amines) is 1. The van der Waals surface area contributed by atoms with Crippen LogP contribution in [-0.4, -0.2) is 38.2 Å². The van der Waals surface area contributed by atoms with Crippen molar-refractivity contribution in [2.45, 2.75) is 49.5 Å². The van der Waals surface area contributed by atoms with Crippen molar-refractivity contribution in [3.63, 3.8) is 0 Å². The second-order valence-electron chi connectivity index (χ2n) is 6.42. The van der Waals surface area contributed by atoms with Crippen molar-refractivity contribution < 1.29 is 8.42 Å². The summed E-state index contributed by atoms with van der Waals surface area (Å²) < 4.78 is 24.8. The third kappa shape index (κ3) is 3.49. The Labute approximate surface area is 128 Å². The van der Waals surface area contributed by atoms with Crippen molar-refractivity contribution in [2.24, 2.45) is 5.92 Å². The molecule has 0 aromatic heterocycles. The Kier molecular flexibility index (Phi) is 4.65. The van der Waals surface area contributed by atoms with Crippen LogP contribution in [0.25, 0.3) is 0 Å². The summed E-state index contributed by atoms with van der Waals surface area (Å²) in [5, 5.41) is 0. The number of hydrogen-bond donors (Lipinski definition) is 0. The van der Waals surface area contributed by atoms with Crippen molar-refractivity contribution in [3.05, 3.63) is 30.3 Å². The average molecular weight is 307 g/mol. The zero-order valence-electron chi connectivity index (χ0n) is 12.6. The van der Waals surface area contributed by atoms with Crippen LogP contribution in [-0.2, 0) is 9.84 Å². The van der Waals surface area contributed by atoms with Crippen LogP contribution in [0.4, 0.5) is 0 Å². The largest absolute Gasteiger partial charge is 0.299 e. The molecule has 0 bridgehead atoms. The summed E-state index contributed by atoms with van der Waals surface area (Å²) in [6.45, 7) is 1.77. The van der Waals surface area contributed by atoms with Crippen LogP contribution < -0.4 is 0 Å². The molecular formula is C17H25NO2S. The van der Waals surface area contributed by atoms with Gasteiger partial charge >= 0.3 is 0 Å². The summed E-state index contributed by atoms with van der Waals surface area (Å²) in [7, 11) is -3.14. The maximum absolute atomic E-state index is 12.4. The Morgan fingerprint density at radius 2 is 1.71 bits per heavy atom. The molecule has 0 radical (unpaired) electrons. The molecule has 2 atom stereocenters. The number of hydrogen-bond acceptors (Lipinski definition) is 3. The van der Waals surface area contributed by atoms with Gasteiger partial charge in [0.25, 0.3) is 0 Å². The molecule has 0 N–H and O–H groups in total. The van der Waals surface area contributed by atoms with Gasteiger partial charge in [-0.3, -0.25) is 4.90 Å². The van der Waals surface area contributed by atoms with E-state index in [-0.39, 0.29) is 5.75 Å². The van der Waals surface area contributed by atoms with Crippen LogP contribution in [0.3, 0.4) is 0 Å². The Morgan fingerprint density at radius 1 is 1.00 bits per heavy atom. The first-order valence-electron chi connectivity index (χ1n) is 8.19. The quantitative estimate of drug-likeness (QED) is 0.857. The number of piperidine rings is 1. The molecule has 1 aliphatic carbocycles. The number of sulfone groups is 1. The van der Waals surface area contributed by atoms with Gasteiger partial charge in [0.05, 0.1) is 10.6 Å². The lowest BCUT2D eigenvalue weighted by molar-refractivity contribution is 0.0663. The minimum absolute atomic E-state index is 0.250. The molecule has 1 aliphatic heterocycles. The summed E-state index contributed by atoms with van der Waals surface area (Å²) in [5.74, 6) is 1.06. The molecule has 0 spiro atoms. The monoisotopic (exact) mass is 307 g/mol. The molecule has 2 fully saturated rings. The number of benzene rings is 1. The standard InChI is InChI=1S/C17H25NO2S/c19-21(20,16-9-2-1-3-10-16)14-13-18-12-6-8-15-7-4-5-11-17(15)18/h1-3,9-10,15,17H,4-8,11-14H2. The molecule has 1 aromatic rings. The van der Waals surface area contributed by atoms with Crippen molar-refractivity contribution >= 4 is 9.84 Å². The van der Waals surface area contributed by atoms with Crippen LogP contribution in [0.2, 0.25) is 0 Å². The fourth-order valence-electron chi connectivity index (χ4n) is 3.99. The van der Waals surface area contributed by atoms with Crippen molar-refractivity contribution in [3.8, 4) is 0 Å². The van der Waals surface area contributed by atoms with Gasteiger partial charge in [0.15, 0.2) is 9.84 Å². The van der Waals surface area contributed by atoms with E-state index >= 15 is 0 Å². The van der Waals surface area contributed by atoms with Gasteiger partial charge in [-0.05, 0) is 50.3 Å². The summed E-state index contributed by atoms with van der Waals surface area (Å²) in [6, 6.07) is 9.49. The maximum Gasteiger partial charge on any atom is 0.179 e. The average Bonchev–Trinajstić information content (AvgIpc) is 2.54. The van der Waals surface area contributed by atoms with Gasteiger partial charge in [0, 0.05) is 12.6 Å². The van der Waals surface area contributed by atoms with E-state index in [9.17, 15) is 8.42 Å². The van der Waals surface area contributed by atoms with Gasteiger partial charge in [0.2, 0.25) is 0 Å². The third-order valence-corrected chi connectivity index (χ3v) is 6.82. The van der Waals surface area contributed by atoms with Crippen LogP contribution >= 0.6 is 0 Å². The number of fused-ring (bicyclic) bond motifs is 1. The second kappa shape index (κ2) is 6.49. The van der Waals surface area contributed by atoms with E-state index in [4.69, 9.17) is 0 Å². The molecule has 2 aliphatic rings. The molecule has 1 saturated carbocycles. The summed E-state index contributed by atoms with van der Waals surface area (Å²) >= 11 is 0. The lowest BCUT2D eigenvalue weighted by Gasteiger charge is -2.44. The zero-order valence-corrected chi connectivity index (χ0v) is 13.4. The van der Waals surface area contributed by atoms with Crippen molar-refractivity contribution in [1.29, 1.82) is 0 Å². The van der Waals surface area contributed by atoms with Crippen LogP contribution in [0, 0.1) is 5.92 Å². The van der Waals surface area contributed by atoms with Gasteiger partial charge in [-0.15, -0.1) is 0 Å². The lowest BCUT2D eigenvalue weighted by Crippen LogP contribution is -2.48. The highest BCUT2D eigenvalue weighted by atomic mass is 32.2. The molecule has 1 saturated heterocycles. The van der Waals surface area contributed by atoms with E-state index < -0.39 is 9.84 Å². The predicted molar refractivity (Wildman–Crippen MR) is 85.0 cm³/mol. The highest BCUT2D eigenvalue weighted by molar-refractivity contribution is 7.91. The van der Waals surface area contributed by atoms with Crippen molar-refractivity contribution in [1.82, 2.24) is 4.90 Å². The lowest BCUT2D eigenvalue weighted by atomic mass is 9.78. The van der Waals surface area contributed by atoms with E-state index in [1.807, 2.05) is 6.07 Å². The molecule has 3 rings (SSSR count). The molecule has 21 heavy (non-hydrogen) atoms. The molecule has 1 aromatic carbocycles. The topological polar surface area (TPSA) is 37.4 Å². The fourth-order valence-corrected chi connectivity index (χ4v) is 5.27. The van der Waals surface area contributed by atoms with Gasteiger partial charge in [0.1, 0.15) is 0 Å². The van der Waals surface area contributed by atoms with Crippen LogP contribution in [0.5, 0.6) is 0 Å². The normalized spacial score (nSPS) is 27.2. The molecular weight excluding hydrogens is 282 g/mol. The first-order chi connectivity index (χ1) is 10.2. The highest BCUT2D eigenvalue weighted by Crippen LogP contribution is 2.35. The van der Waals surface area contributed by atoms with Gasteiger partial charge in [-0.1, -0.05) is 31.0 Å². The maximum atomic E-state index is 12.4. The first-order valence-corrected chi connectivity index (χ1v) is 9.84. The van der Waals surface area contributed by atoms with E-state index in [1.54, 1.807) is 24.3 Å². The smallest absolute Gasteiger partial charge is 0.179 e. The fraction of sp³-hybridized carbons (Fsp3) is 0.647. The minimum atomic E-state index is -3.14. The van der Waals surface area contributed by atoms with E-state index in [1.165, 1.54) is 38.5 Å². The van der Waals surface area contributed by atoms with Gasteiger partial charge in [-0.25, -0.2) is 8.42 Å². The van der Waals surface area contributed by atoms with Crippen LogP contribution in [0.1, 0.15) is 38.5 Å². The molecule has 3 nitrogen and oxygen atoms in total. The predicted octanol–water partition coefficient (Wildman–Crippen LogP) is 3.11. The first kappa shape index (κ1) is 15.0. The Bertz CT molecular complexity index is 553. The van der Waals surface area contributed by atoms with Gasteiger partial charge in [-0.2, -0.15) is 0 Å². The summed E-state index contributed by atoms with van der Waals surface area (Å²) in [4.78, 5) is 2.91. The number of rotatable bonds is 4. The summed E-state index contributed by atoms with van der Waals surface area (Å²) in [6.07, 6.45) is 7.84. The zero-order chi connectivity index (χ0) is 14.7. The minimum Gasteiger partial charge on any atom is -0.299 e. The van der Waals surface area contributed by atoms with E-state index in [0.717, 1.165) is 12.5 Å². The molecule has 4 heteroatoms. The Balaban J connectivity index is 1.64. The molecule has 1 heterocycles.